The highest BCUT2D eigenvalue weighted by Crippen LogP contribution is 2.60. The Morgan fingerprint density at radius 1 is 1.05 bits per heavy atom. The largest absolute Gasteiger partial charge is 0.103 e. The van der Waals surface area contributed by atoms with Gasteiger partial charge in [-0.05, 0) is 136 Å². The number of allylic oxidation sites excluding steroid dienone is 7. The first-order valence-electron chi connectivity index (χ1n) is 16.9. The maximum absolute atomic E-state index is 4.71. The summed E-state index contributed by atoms with van der Waals surface area (Å²) in [7, 11) is 0.189. The molecule has 0 spiro atoms. The molecule has 0 aromatic carbocycles. The molecule has 0 amide bonds. The molecule has 3 saturated carbocycles. The van der Waals surface area contributed by atoms with E-state index in [-0.39, 0.29) is 7.92 Å². The van der Waals surface area contributed by atoms with Crippen LogP contribution in [0.5, 0.6) is 0 Å². The molecular formula is C37H61P. The molecule has 0 bridgehead atoms. The van der Waals surface area contributed by atoms with E-state index < -0.39 is 0 Å². The van der Waals surface area contributed by atoms with E-state index in [1.54, 1.807) is 17.3 Å². The second kappa shape index (κ2) is 14.9. The van der Waals surface area contributed by atoms with Crippen molar-refractivity contribution in [3.8, 4) is 0 Å². The van der Waals surface area contributed by atoms with Gasteiger partial charge < -0.3 is 0 Å². The molecule has 5 atom stereocenters. The lowest BCUT2D eigenvalue weighted by Gasteiger charge is -2.36. The van der Waals surface area contributed by atoms with E-state index in [2.05, 4.69) is 58.9 Å². The van der Waals surface area contributed by atoms with Crippen molar-refractivity contribution in [2.45, 2.75) is 130 Å². The minimum absolute atomic E-state index is 0.189. The molecule has 0 aromatic rings. The van der Waals surface area contributed by atoms with Gasteiger partial charge in [-0.15, -0.1) is 7.92 Å². The molecule has 38 heavy (non-hydrogen) atoms. The molecule has 0 nitrogen and oxygen atoms in total. The van der Waals surface area contributed by atoms with E-state index in [0.29, 0.717) is 11.8 Å². The minimum atomic E-state index is 0.189. The summed E-state index contributed by atoms with van der Waals surface area (Å²) >= 11 is 0. The van der Waals surface area contributed by atoms with Crippen LogP contribution < -0.4 is 0 Å². The molecule has 0 radical (unpaired) electrons. The third-order valence-corrected chi connectivity index (χ3v) is 14.3. The van der Waals surface area contributed by atoms with Gasteiger partial charge in [0.1, 0.15) is 0 Å². The lowest BCUT2D eigenvalue weighted by molar-refractivity contribution is 0.323. The zero-order chi connectivity index (χ0) is 27.1. The van der Waals surface area contributed by atoms with Gasteiger partial charge in [-0.3, -0.25) is 0 Å². The van der Waals surface area contributed by atoms with E-state index in [0.717, 1.165) is 35.2 Å². The quantitative estimate of drug-likeness (QED) is 0.164. The van der Waals surface area contributed by atoms with E-state index in [4.69, 9.17) is 6.58 Å². The molecule has 1 heterocycles. The monoisotopic (exact) mass is 536 g/mol. The molecule has 5 unspecified atom stereocenters. The fourth-order valence-electron chi connectivity index (χ4n) is 8.38. The Hall–Kier alpha value is -0.610. The molecule has 4 aliphatic rings. The summed E-state index contributed by atoms with van der Waals surface area (Å²) in [5.41, 5.74) is 6.04. The van der Waals surface area contributed by atoms with Gasteiger partial charge in [0, 0.05) is 0 Å². The number of hydrogen-bond donors (Lipinski definition) is 0. The van der Waals surface area contributed by atoms with Gasteiger partial charge >= 0.3 is 0 Å². The fourth-order valence-corrected chi connectivity index (χ4v) is 11.9. The van der Waals surface area contributed by atoms with Gasteiger partial charge in [-0.25, -0.2) is 0 Å². The molecule has 214 valence electrons. The summed E-state index contributed by atoms with van der Waals surface area (Å²) in [6.45, 7) is 16.7. The summed E-state index contributed by atoms with van der Waals surface area (Å²) in [5.74, 6) is 5.87. The Morgan fingerprint density at radius 2 is 1.79 bits per heavy atom. The molecule has 1 heteroatoms. The average molecular weight is 537 g/mol. The highest BCUT2D eigenvalue weighted by Gasteiger charge is 2.45. The van der Waals surface area contributed by atoms with Crippen LogP contribution in [0.25, 0.3) is 0 Å². The number of fused-ring (bicyclic) bond motifs is 1. The highest BCUT2D eigenvalue weighted by atomic mass is 31.1. The fraction of sp³-hybridized carbons (Fsp3) is 0.784. The maximum Gasteiger partial charge on any atom is -0.0103 e. The Bertz CT molecular complexity index is 829. The van der Waals surface area contributed by atoms with Crippen LogP contribution in [0.4, 0.5) is 0 Å². The molecule has 0 N–H and O–H groups in total. The smallest absolute Gasteiger partial charge is 0.0103 e. The molecular weight excluding hydrogens is 475 g/mol. The molecule has 1 aliphatic heterocycles. The maximum atomic E-state index is 4.71. The summed E-state index contributed by atoms with van der Waals surface area (Å²) in [5, 5.41) is 0. The molecule has 4 fully saturated rings. The lowest BCUT2D eigenvalue weighted by Crippen LogP contribution is -2.22. The van der Waals surface area contributed by atoms with Crippen molar-refractivity contribution in [2.24, 2.45) is 41.4 Å². The van der Waals surface area contributed by atoms with Crippen molar-refractivity contribution >= 4 is 7.92 Å². The van der Waals surface area contributed by atoms with E-state index in [9.17, 15) is 0 Å². The van der Waals surface area contributed by atoms with Gasteiger partial charge in [0.05, 0.1) is 0 Å². The predicted octanol–water partition coefficient (Wildman–Crippen LogP) is 11.7. The van der Waals surface area contributed by atoms with Crippen LogP contribution in [0.1, 0.15) is 125 Å². The van der Waals surface area contributed by atoms with Gasteiger partial charge in [-0.2, -0.15) is 0 Å². The van der Waals surface area contributed by atoms with Crippen molar-refractivity contribution in [2.75, 3.05) is 12.3 Å². The summed E-state index contributed by atoms with van der Waals surface area (Å²) in [6.07, 6.45) is 33.0. The first kappa shape index (κ1) is 30.4. The van der Waals surface area contributed by atoms with Gasteiger partial charge in [0.2, 0.25) is 0 Å². The van der Waals surface area contributed by atoms with E-state index >= 15 is 0 Å². The summed E-state index contributed by atoms with van der Waals surface area (Å²) in [6, 6.07) is 0. The van der Waals surface area contributed by atoms with Crippen LogP contribution in [0.3, 0.4) is 0 Å². The van der Waals surface area contributed by atoms with Crippen LogP contribution in [-0.2, 0) is 0 Å². The van der Waals surface area contributed by atoms with Gasteiger partial charge in [0.25, 0.3) is 0 Å². The zero-order valence-electron chi connectivity index (χ0n) is 25.9. The molecule has 3 aliphatic carbocycles. The van der Waals surface area contributed by atoms with E-state index in [1.165, 1.54) is 96.1 Å². The lowest BCUT2D eigenvalue weighted by atomic mass is 9.77. The summed E-state index contributed by atoms with van der Waals surface area (Å²) in [4.78, 5) is 0. The topological polar surface area (TPSA) is 0 Å². The molecule has 0 aromatic heterocycles. The highest BCUT2D eigenvalue weighted by molar-refractivity contribution is 7.58. The van der Waals surface area contributed by atoms with Crippen LogP contribution in [-0.4, -0.2) is 18.0 Å². The van der Waals surface area contributed by atoms with Crippen molar-refractivity contribution in [1.29, 1.82) is 0 Å². The zero-order valence-corrected chi connectivity index (χ0v) is 26.8. The molecule has 4 rings (SSSR count). The average Bonchev–Trinajstić information content (AvgIpc) is 3.69. The Labute approximate surface area is 239 Å². The summed E-state index contributed by atoms with van der Waals surface area (Å²) < 4.78 is 0. The SMILES string of the molecule is C=C1CCP(C2CCC(CCC)CC2)CC2CC2C(=CCC)C(C(C)/C=C\C(=C/C)C2CCC(C)CC2)C1. The standard InChI is InChI=1S/C37H61P/c1-7-10-30-15-20-34(21-16-30)38-23-22-28(5)24-36(35(11-8-2)37-25-33(37)26-38)29(6)14-19-31(9-3)32-17-12-27(4)13-18-32/h9,11,14,19,27,29-30,32-34,36-37H,5,7-8,10,12-13,15-18,20-26H2,1-4,6H3/b19-14-,31-9+,35-11?. The van der Waals surface area contributed by atoms with Crippen LogP contribution >= 0.6 is 7.92 Å². The van der Waals surface area contributed by atoms with Crippen LogP contribution in [0, 0.1) is 41.4 Å². The van der Waals surface area contributed by atoms with Crippen molar-refractivity contribution in [1.82, 2.24) is 0 Å². The predicted molar refractivity (Wildman–Crippen MR) is 172 cm³/mol. The van der Waals surface area contributed by atoms with E-state index in [1.807, 2.05) is 5.57 Å². The Kier molecular flexibility index (Phi) is 11.9. The first-order valence-corrected chi connectivity index (χ1v) is 18.7. The van der Waals surface area contributed by atoms with Crippen LogP contribution in [0.15, 0.2) is 47.6 Å². The Morgan fingerprint density at radius 3 is 2.45 bits per heavy atom. The van der Waals surface area contributed by atoms with Gasteiger partial charge in [-0.1, -0.05) is 95.4 Å². The normalized spacial score (nSPS) is 39.2. The second-order valence-corrected chi connectivity index (χ2v) is 16.7. The Balaban J connectivity index is 1.42. The third kappa shape index (κ3) is 8.21. The van der Waals surface area contributed by atoms with Crippen molar-refractivity contribution in [3.05, 3.63) is 47.6 Å². The third-order valence-electron chi connectivity index (χ3n) is 11.0. The first-order chi connectivity index (χ1) is 18.4. The molecule has 1 saturated heterocycles. The van der Waals surface area contributed by atoms with Crippen molar-refractivity contribution in [3.63, 3.8) is 0 Å². The van der Waals surface area contributed by atoms with Gasteiger partial charge in [0.15, 0.2) is 0 Å². The minimum Gasteiger partial charge on any atom is -0.103 e. The van der Waals surface area contributed by atoms with Crippen molar-refractivity contribution < 1.29 is 0 Å². The number of rotatable bonds is 8. The van der Waals surface area contributed by atoms with Crippen LogP contribution in [0.2, 0.25) is 0 Å². The second-order valence-electron chi connectivity index (χ2n) is 13.9. The number of hydrogen-bond acceptors (Lipinski definition) is 0.